The van der Waals surface area contributed by atoms with Crippen molar-refractivity contribution < 1.29 is 9.59 Å². The Morgan fingerprint density at radius 3 is 2.10 bits per heavy atom. The summed E-state index contributed by atoms with van der Waals surface area (Å²) in [5.74, 6) is -0.907. The fourth-order valence-electron chi connectivity index (χ4n) is 1.93. The van der Waals surface area contributed by atoms with Crippen LogP contribution >= 0.6 is 0 Å². The fraction of sp³-hybridized carbons (Fsp3) is 0.267. The van der Waals surface area contributed by atoms with Crippen molar-refractivity contribution in [2.24, 2.45) is 7.05 Å². The first-order chi connectivity index (χ1) is 9.88. The Labute approximate surface area is 123 Å². The molecule has 21 heavy (non-hydrogen) atoms. The van der Waals surface area contributed by atoms with E-state index in [1.54, 1.807) is 23.9 Å². The molecule has 0 radical (unpaired) electrons. The molecular formula is C15H18N4O2. The molecule has 6 heteroatoms. The largest absolute Gasteiger partial charge is 0.318 e. The van der Waals surface area contributed by atoms with Gasteiger partial charge >= 0.3 is 11.8 Å². The quantitative estimate of drug-likeness (QED) is 0.828. The first kappa shape index (κ1) is 14.8. The Morgan fingerprint density at radius 1 is 1.00 bits per heavy atom. The molecule has 110 valence electrons. The molecule has 2 rings (SSSR count). The number of anilines is 2. The van der Waals surface area contributed by atoms with E-state index < -0.39 is 11.8 Å². The van der Waals surface area contributed by atoms with E-state index in [0.717, 1.165) is 16.8 Å². The highest BCUT2D eigenvalue weighted by Gasteiger charge is 2.18. The van der Waals surface area contributed by atoms with Gasteiger partial charge in [0.15, 0.2) is 0 Å². The third kappa shape index (κ3) is 3.28. The van der Waals surface area contributed by atoms with E-state index in [2.05, 4.69) is 15.7 Å². The highest BCUT2D eigenvalue weighted by Crippen LogP contribution is 2.17. The lowest BCUT2D eigenvalue weighted by Gasteiger charge is -2.08. The monoisotopic (exact) mass is 286 g/mol. The number of rotatable bonds is 2. The minimum atomic E-state index is -0.721. The van der Waals surface area contributed by atoms with Gasteiger partial charge in [0.2, 0.25) is 0 Å². The molecule has 0 aliphatic carbocycles. The van der Waals surface area contributed by atoms with Gasteiger partial charge in [-0.05, 0) is 32.9 Å². The smallest absolute Gasteiger partial charge is 0.315 e. The van der Waals surface area contributed by atoms with E-state index >= 15 is 0 Å². The standard InChI is InChI=1S/C15H18N4O2/c1-9-5-7-12(8-6-9)16-14(20)15(21)17-13-10(2)11(3)18-19(13)4/h5-8H,1-4H3,(H,16,20)(H,17,21). The summed E-state index contributed by atoms with van der Waals surface area (Å²) in [6, 6.07) is 7.23. The maximum atomic E-state index is 11.9. The van der Waals surface area contributed by atoms with E-state index in [0.29, 0.717) is 11.5 Å². The second kappa shape index (κ2) is 5.78. The molecule has 0 fully saturated rings. The van der Waals surface area contributed by atoms with Gasteiger partial charge in [-0.15, -0.1) is 0 Å². The van der Waals surface area contributed by atoms with Gasteiger partial charge in [-0.25, -0.2) is 0 Å². The molecule has 0 saturated carbocycles. The van der Waals surface area contributed by atoms with Crippen molar-refractivity contribution in [2.75, 3.05) is 10.6 Å². The molecule has 1 heterocycles. The van der Waals surface area contributed by atoms with Crippen molar-refractivity contribution in [1.82, 2.24) is 9.78 Å². The minimum Gasteiger partial charge on any atom is -0.318 e. The molecule has 2 N–H and O–H groups in total. The number of benzene rings is 1. The lowest BCUT2D eigenvalue weighted by Crippen LogP contribution is -2.30. The average Bonchev–Trinajstić information content (AvgIpc) is 2.68. The Morgan fingerprint density at radius 2 is 1.57 bits per heavy atom. The zero-order valence-electron chi connectivity index (χ0n) is 12.5. The SMILES string of the molecule is Cc1ccc(NC(=O)C(=O)Nc2c(C)c(C)nn2C)cc1. The second-order valence-corrected chi connectivity index (χ2v) is 4.96. The molecule has 1 aromatic heterocycles. The normalized spacial score (nSPS) is 10.3. The molecule has 0 saturated heterocycles. The van der Waals surface area contributed by atoms with Crippen LogP contribution in [0.3, 0.4) is 0 Å². The lowest BCUT2D eigenvalue weighted by atomic mass is 10.2. The predicted molar refractivity (Wildman–Crippen MR) is 81.1 cm³/mol. The molecule has 2 aromatic rings. The zero-order valence-corrected chi connectivity index (χ0v) is 12.5. The van der Waals surface area contributed by atoms with Gasteiger partial charge in [0.25, 0.3) is 0 Å². The van der Waals surface area contributed by atoms with Crippen LogP contribution in [0.4, 0.5) is 11.5 Å². The number of nitrogens with one attached hydrogen (secondary N) is 2. The van der Waals surface area contributed by atoms with Gasteiger partial charge in [0, 0.05) is 18.3 Å². The molecule has 0 aliphatic rings. The highest BCUT2D eigenvalue weighted by molar-refractivity contribution is 6.43. The summed E-state index contributed by atoms with van der Waals surface area (Å²) >= 11 is 0. The number of hydrogen-bond donors (Lipinski definition) is 2. The number of aromatic nitrogens is 2. The van der Waals surface area contributed by atoms with Crippen LogP contribution in [-0.4, -0.2) is 21.6 Å². The van der Waals surface area contributed by atoms with Gasteiger partial charge in [-0.1, -0.05) is 17.7 Å². The summed E-state index contributed by atoms with van der Waals surface area (Å²) in [7, 11) is 1.72. The molecule has 0 bridgehead atoms. The predicted octanol–water partition coefficient (Wildman–Crippen LogP) is 1.92. The van der Waals surface area contributed by atoms with Crippen LogP contribution in [0.2, 0.25) is 0 Å². The third-order valence-electron chi connectivity index (χ3n) is 3.27. The molecule has 6 nitrogen and oxygen atoms in total. The summed E-state index contributed by atoms with van der Waals surface area (Å²) in [6.45, 7) is 5.64. The molecule has 0 unspecified atom stereocenters. The molecule has 0 spiro atoms. The van der Waals surface area contributed by atoms with E-state index in [4.69, 9.17) is 0 Å². The van der Waals surface area contributed by atoms with Crippen LogP contribution in [0, 0.1) is 20.8 Å². The van der Waals surface area contributed by atoms with Crippen molar-refractivity contribution in [3.8, 4) is 0 Å². The van der Waals surface area contributed by atoms with Crippen molar-refractivity contribution in [1.29, 1.82) is 0 Å². The van der Waals surface area contributed by atoms with Crippen LogP contribution in [0.15, 0.2) is 24.3 Å². The van der Waals surface area contributed by atoms with E-state index in [9.17, 15) is 9.59 Å². The van der Waals surface area contributed by atoms with Crippen LogP contribution < -0.4 is 10.6 Å². The Balaban J connectivity index is 2.06. The van der Waals surface area contributed by atoms with Gasteiger partial charge in [-0.2, -0.15) is 5.10 Å². The van der Waals surface area contributed by atoms with Gasteiger partial charge < -0.3 is 10.6 Å². The van der Waals surface area contributed by atoms with Crippen molar-refractivity contribution >= 4 is 23.3 Å². The van der Waals surface area contributed by atoms with Crippen LogP contribution in [0.1, 0.15) is 16.8 Å². The number of nitrogens with zero attached hydrogens (tertiary/aromatic N) is 2. The van der Waals surface area contributed by atoms with Crippen LogP contribution in [-0.2, 0) is 16.6 Å². The summed E-state index contributed by atoms with van der Waals surface area (Å²) in [5.41, 5.74) is 3.32. The van der Waals surface area contributed by atoms with Gasteiger partial charge in [0.1, 0.15) is 5.82 Å². The number of aryl methyl sites for hydroxylation is 3. The Kier molecular flexibility index (Phi) is 4.07. The zero-order chi connectivity index (χ0) is 15.6. The van der Waals surface area contributed by atoms with Gasteiger partial charge in [0.05, 0.1) is 5.69 Å². The highest BCUT2D eigenvalue weighted by atomic mass is 16.2. The van der Waals surface area contributed by atoms with Crippen molar-refractivity contribution in [3.05, 3.63) is 41.1 Å². The van der Waals surface area contributed by atoms with Crippen LogP contribution in [0.25, 0.3) is 0 Å². The maximum Gasteiger partial charge on any atom is 0.315 e. The average molecular weight is 286 g/mol. The fourth-order valence-corrected chi connectivity index (χ4v) is 1.93. The summed E-state index contributed by atoms with van der Waals surface area (Å²) in [4.78, 5) is 23.8. The minimum absolute atomic E-state index is 0.525. The molecule has 1 aromatic carbocycles. The molecule has 2 amide bonds. The summed E-state index contributed by atoms with van der Waals surface area (Å²) < 4.78 is 1.54. The lowest BCUT2D eigenvalue weighted by molar-refractivity contribution is -0.133. The summed E-state index contributed by atoms with van der Waals surface area (Å²) in [5, 5.41) is 9.32. The first-order valence-corrected chi connectivity index (χ1v) is 6.57. The van der Waals surface area contributed by atoms with Crippen LogP contribution in [0.5, 0.6) is 0 Å². The number of amides is 2. The van der Waals surface area contributed by atoms with E-state index in [1.165, 1.54) is 0 Å². The first-order valence-electron chi connectivity index (χ1n) is 6.57. The van der Waals surface area contributed by atoms with E-state index in [1.807, 2.05) is 32.9 Å². The maximum absolute atomic E-state index is 11.9. The molecule has 0 atom stereocenters. The third-order valence-corrected chi connectivity index (χ3v) is 3.27. The second-order valence-electron chi connectivity index (χ2n) is 4.96. The summed E-state index contributed by atoms with van der Waals surface area (Å²) in [6.07, 6.45) is 0. The Hall–Kier alpha value is -2.63. The van der Waals surface area contributed by atoms with Crippen molar-refractivity contribution in [3.63, 3.8) is 0 Å². The number of hydrogen-bond acceptors (Lipinski definition) is 3. The van der Waals surface area contributed by atoms with Crippen molar-refractivity contribution in [2.45, 2.75) is 20.8 Å². The van der Waals surface area contributed by atoms with Gasteiger partial charge in [-0.3, -0.25) is 14.3 Å². The number of carbonyl (C=O) groups is 2. The Bertz CT molecular complexity index is 686. The molecular weight excluding hydrogens is 268 g/mol. The molecule has 0 aliphatic heterocycles. The number of carbonyl (C=O) groups excluding carboxylic acids is 2. The topological polar surface area (TPSA) is 76.0 Å². The van der Waals surface area contributed by atoms with E-state index in [-0.39, 0.29) is 0 Å².